The Balaban J connectivity index is 2.15. The van der Waals surface area contributed by atoms with Crippen molar-refractivity contribution in [2.75, 3.05) is 25.5 Å². The van der Waals surface area contributed by atoms with Gasteiger partial charge in [0.15, 0.2) is 0 Å². The maximum Gasteiger partial charge on any atom is 0.327 e. The quantitative estimate of drug-likeness (QED) is 0.854. The first-order valence-corrected chi connectivity index (χ1v) is 8.12. The van der Waals surface area contributed by atoms with Gasteiger partial charge in [0, 0.05) is 12.3 Å². The van der Waals surface area contributed by atoms with Crippen LogP contribution in [0.5, 0.6) is 0 Å². The molecule has 6 nitrogen and oxygen atoms in total. The smallest absolute Gasteiger partial charge is 0.327 e. The minimum Gasteiger partial charge on any atom is -0.480 e. The van der Waals surface area contributed by atoms with Gasteiger partial charge in [-0.15, -0.1) is 11.8 Å². The SMILES string of the molecule is CCCC1SCC(C(=O)O)N1C(=O)N1CCOCC1C. The molecular weight excluding hydrogens is 280 g/mol. The van der Waals surface area contributed by atoms with E-state index in [-0.39, 0.29) is 17.4 Å². The summed E-state index contributed by atoms with van der Waals surface area (Å²) in [5, 5.41) is 9.31. The minimum atomic E-state index is -0.912. The number of rotatable bonds is 3. The number of nitrogens with zero attached hydrogens (tertiary/aromatic N) is 2. The molecular formula is C13H22N2O4S. The molecule has 0 bridgehead atoms. The summed E-state index contributed by atoms with van der Waals surface area (Å²) in [6, 6.07) is -0.866. The molecule has 0 aromatic heterocycles. The van der Waals surface area contributed by atoms with Gasteiger partial charge in [0.2, 0.25) is 0 Å². The predicted molar refractivity (Wildman–Crippen MR) is 76.8 cm³/mol. The van der Waals surface area contributed by atoms with E-state index in [4.69, 9.17) is 4.74 Å². The number of carbonyl (C=O) groups is 2. The van der Waals surface area contributed by atoms with Crippen molar-refractivity contribution in [3.63, 3.8) is 0 Å². The fraction of sp³-hybridized carbons (Fsp3) is 0.846. The largest absolute Gasteiger partial charge is 0.480 e. The third-order valence-electron chi connectivity index (χ3n) is 3.75. The summed E-state index contributed by atoms with van der Waals surface area (Å²) in [6.45, 7) is 5.56. The van der Waals surface area contributed by atoms with Crippen LogP contribution in [0.4, 0.5) is 4.79 Å². The van der Waals surface area contributed by atoms with Crippen LogP contribution in [-0.2, 0) is 9.53 Å². The Kier molecular flexibility index (Phi) is 5.15. The lowest BCUT2D eigenvalue weighted by atomic mass is 10.2. The van der Waals surface area contributed by atoms with Crippen molar-refractivity contribution in [2.45, 2.75) is 44.1 Å². The number of morpholine rings is 1. The Morgan fingerprint density at radius 3 is 2.80 bits per heavy atom. The summed E-state index contributed by atoms with van der Waals surface area (Å²) in [4.78, 5) is 27.4. The highest BCUT2D eigenvalue weighted by molar-refractivity contribution is 8.00. The summed E-state index contributed by atoms with van der Waals surface area (Å²) >= 11 is 1.57. The van der Waals surface area contributed by atoms with E-state index in [0.29, 0.717) is 25.5 Å². The average molecular weight is 302 g/mol. The summed E-state index contributed by atoms with van der Waals surface area (Å²) < 4.78 is 5.34. The lowest BCUT2D eigenvalue weighted by molar-refractivity contribution is -0.141. The van der Waals surface area contributed by atoms with Crippen molar-refractivity contribution < 1.29 is 19.4 Å². The van der Waals surface area contributed by atoms with Crippen LogP contribution in [0, 0.1) is 0 Å². The normalized spacial score (nSPS) is 30.6. The average Bonchev–Trinajstić information content (AvgIpc) is 2.83. The Bertz CT molecular complexity index is 379. The number of amides is 2. The van der Waals surface area contributed by atoms with Gasteiger partial charge in [0.05, 0.1) is 24.6 Å². The van der Waals surface area contributed by atoms with Crippen LogP contribution in [-0.4, -0.2) is 69.9 Å². The molecule has 3 unspecified atom stereocenters. The van der Waals surface area contributed by atoms with E-state index in [2.05, 4.69) is 6.92 Å². The Labute approximate surface area is 123 Å². The van der Waals surface area contributed by atoms with E-state index in [0.717, 1.165) is 12.8 Å². The number of hydrogen-bond donors (Lipinski definition) is 1. The van der Waals surface area contributed by atoms with E-state index >= 15 is 0 Å². The molecule has 0 aliphatic carbocycles. The van der Waals surface area contributed by atoms with Crippen LogP contribution in [0.2, 0.25) is 0 Å². The van der Waals surface area contributed by atoms with Crippen LogP contribution in [0.25, 0.3) is 0 Å². The zero-order valence-corrected chi connectivity index (χ0v) is 12.8. The molecule has 0 aromatic carbocycles. The fourth-order valence-electron chi connectivity index (χ4n) is 2.64. The van der Waals surface area contributed by atoms with Crippen LogP contribution in [0.1, 0.15) is 26.7 Å². The van der Waals surface area contributed by atoms with Gasteiger partial charge >= 0.3 is 12.0 Å². The third-order valence-corrected chi connectivity index (χ3v) is 5.10. The molecule has 0 aromatic rings. The number of aliphatic carboxylic acids is 1. The summed E-state index contributed by atoms with van der Waals surface area (Å²) in [5.41, 5.74) is 0. The Morgan fingerprint density at radius 2 is 2.20 bits per heavy atom. The second-order valence-electron chi connectivity index (χ2n) is 5.24. The summed E-state index contributed by atoms with van der Waals surface area (Å²) in [6.07, 6.45) is 1.77. The fourth-order valence-corrected chi connectivity index (χ4v) is 4.15. The van der Waals surface area contributed by atoms with Gasteiger partial charge in [0.1, 0.15) is 6.04 Å². The standard InChI is InChI=1S/C13H22N2O4S/c1-3-4-11-15(10(8-20-11)12(16)17)13(18)14-5-6-19-7-9(14)2/h9-11H,3-8H2,1-2H3,(H,16,17). The van der Waals surface area contributed by atoms with Gasteiger partial charge in [-0.25, -0.2) is 9.59 Å². The number of thioether (sulfide) groups is 1. The van der Waals surface area contributed by atoms with Gasteiger partial charge in [-0.2, -0.15) is 0 Å². The van der Waals surface area contributed by atoms with Crippen LogP contribution < -0.4 is 0 Å². The van der Waals surface area contributed by atoms with Crippen molar-refractivity contribution in [3.8, 4) is 0 Å². The van der Waals surface area contributed by atoms with Crippen LogP contribution >= 0.6 is 11.8 Å². The monoisotopic (exact) mass is 302 g/mol. The number of hydrogen-bond acceptors (Lipinski definition) is 4. The zero-order chi connectivity index (χ0) is 14.7. The molecule has 3 atom stereocenters. The molecule has 0 spiro atoms. The molecule has 2 aliphatic heterocycles. The number of urea groups is 1. The van der Waals surface area contributed by atoms with Crippen molar-refractivity contribution in [1.82, 2.24) is 9.80 Å². The maximum atomic E-state index is 12.7. The zero-order valence-electron chi connectivity index (χ0n) is 11.9. The van der Waals surface area contributed by atoms with E-state index in [1.54, 1.807) is 21.6 Å². The molecule has 20 heavy (non-hydrogen) atoms. The molecule has 114 valence electrons. The van der Waals surface area contributed by atoms with Gasteiger partial charge < -0.3 is 14.7 Å². The van der Waals surface area contributed by atoms with Crippen molar-refractivity contribution in [1.29, 1.82) is 0 Å². The summed E-state index contributed by atoms with van der Waals surface area (Å²) in [5.74, 6) is -0.435. The number of carboxylic acid groups (broad SMARTS) is 1. The van der Waals surface area contributed by atoms with E-state index in [9.17, 15) is 14.7 Å². The molecule has 1 N–H and O–H groups in total. The van der Waals surface area contributed by atoms with Gasteiger partial charge in [-0.05, 0) is 13.3 Å². The first kappa shape index (κ1) is 15.4. The minimum absolute atomic E-state index is 0.00132. The van der Waals surface area contributed by atoms with E-state index in [1.165, 1.54) is 0 Å². The second-order valence-corrected chi connectivity index (χ2v) is 6.45. The van der Waals surface area contributed by atoms with Gasteiger partial charge in [-0.1, -0.05) is 13.3 Å². The molecule has 2 fully saturated rings. The second kappa shape index (κ2) is 6.67. The van der Waals surface area contributed by atoms with E-state index in [1.807, 2.05) is 6.92 Å². The highest BCUT2D eigenvalue weighted by Gasteiger charge is 2.43. The molecule has 2 amide bonds. The highest BCUT2D eigenvalue weighted by atomic mass is 32.2. The summed E-state index contributed by atoms with van der Waals surface area (Å²) in [7, 11) is 0. The van der Waals surface area contributed by atoms with Crippen molar-refractivity contribution in [3.05, 3.63) is 0 Å². The molecule has 2 rings (SSSR count). The predicted octanol–water partition coefficient (Wildman–Crippen LogP) is 1.46. The topological polar surface area (TPSA) is 70.1 Å². The first-order valence-electron chi connectivity index (χ1n) is 7.07. The third kappa shape index (κ3) is 3.03. The maximum absolute atomic E-state index is 12.7. The number of carbonyl (C=O) groups excluding carboxylic acids is 1. The van der Waals surface area contributed by atoms with Crippen molar-refractivity contribution >= 4 is 23.8 Å². The van der Waals surface area contributed by atoms with Gasteiger partial charge in [0.25, 0.3) is 0 Å². The van der Waals surface area contributed by atoms with Gasteiger partial charge in [-0.3, -0.25) is 4.90 Å². The molecule has 2 saturated heterocycles. The Morgan fingerprint density at radius 1 is 1.45 bits per heavy atom. The number of ether oxygens (including phenoxy) is 1. The molecule has 2 heterocycles. The molecule has 0 radical (unpaired) electrons. The lowest BCUT2D eigenvalue weighted by Gasteiger charge is -2.38. The molecule has 2 aliphatic rings. The van der Waals surface area contributed by atoms with Crippen LogP contribution in [0.3, 0.4) is 0 Å². The Hall–Kier alpha value is -0.950. The molecule has 7 heteroatoms. The lowest BCUT2D eigenvalue weighted by Crippen LogP contribution is -2.56. The molecule has 0 saturated carbocycles. The number of carboxylic acids is 1. The van der Waals surface area contributed by atoms with Crippen molar-refractivity contribution in [2.24, 2.45) is 0 Å². The first-order chi connectivity index (χ1) is 9.56. The van der Waals surface area contributed by atoms with Crippen LogP contribution in [0.15, 0.2) is 0 Å². The van der Waals surface area contributed by atoms with E-state index < -0.39 is 12.0 Å². The highest BCUT2D eigenvalue weighted by Crippen LogP contribution is 2.33.